The quantitative estimate of drug-likeness (QED) is 0.291. The molecule has 4 aromatic rings. The SMILES string of the molecule is O=C1CCC(N2C(=O)c3ccc(NCC4CC(n5cc(-c6ccc7[nH]ccc7n6)c(C6CC6)n5)C4)cc3C2=O)C(=O)N1. The van der Waals surface area contributed by atoms with Gasteiger partial charge in [-0.05, 0) is 74.4 Å². The number of piperidine rings is 1. The zero-order chi connectivity index (χ0) is 28.5. The number of hydrogen-bond acceptors (Lipinski definition) is 7. The van der Waals surface area contributed by atoms with Crippen LogP contribution in [0.4, 0.5) is 5.69 Å². The number of imide groups is 2. The van der Waals surface area contributed by atoms with Gasteiger partial charge in [0.1, 0.15) is 6.04 Å². The standard InChI is InChI=1S/C31H29N7O4/c39-27-8-7-26(29(40)35-27)38-30(41)20-4-3-18(13-21(20)31(38)42)33-14-16-11-19(12-16)37-15-22(28(36-37)17-1-2-17)23-5-6-24-25(34-23)9-10-32-24/h3-6,9-10,13,15-17,19,26,32-33H,1-2,7-8,11-12,14H2,(H,35,39,40). The van der Waals surface area contributed by atoms with Gasteiger partial charge in [0.25, 0.3) is 11.8 Å². The Morgan fingerprint density at radius 2 is 1.76 bits per heavy atom. The first-order valence-corrected chi connectivity index (χ1v) is 14.6. The van der Waals surface area contributed by atoms with Crippen LogP contribution in [0.1, 0.15) is 76.9 Å². The number of H-pyrrole nitrogens is 1. The molecular weight excluding hydrogens is 534 g/mol. The molecule has 1 saturated heterocycles. The first-order valence-electron chi connectivity index (χ1n) is 14.6. The van der Waals surface area contributed by atoms with Gasteiger partial charge >= 0.3 is 0 Å². The molecule has 1 unspecified atom stereocenters. The lowest BCUT2D eigenvalue weighted by atomic mass is 9.80. The highest BCUT2D eigenvalue weighted by atomic mass is 16.2. The van der Waals surface area contributed by atoms with Crippen LogP contribution in [0.15, 0.2) is 48.8 Å². The van der Waals surface area contributed by atoms with Gasteiger partial charge in [0.2, 0.25) is 11.8 Å². The molecule has 11 heteroatoms. The van der Waals surface area contributed by atoms with Crippen molar-refractivity contribution in [3.05, 3.63) is 65.6 Å². The molecule has 0 spiro atoms. The summed E-state index contributed by atoms with van der Waals surface area (Å²) in [5.74, 6) is -1.02. The van der Waals surface area contributed by atoms with E-state index in [-0.39, 0.29) is 29.9 Å². The zero-order valence-corrected chi connectivity index (χ0v) is 22.8. The maximum Gasteiger partial charge on any atom is 0.262 e. The van der Waals surface area contributed by atoms with E-state index in [1.807, 2.05) is 12.3 Å². The lowest BCUT2D eigenvalue weighted by molar-refractivity contribution is -0.136. The Morgan fingerprint density at radius 3 is 2.57 bits per heavy atom. The smallest absolute Gasteiger partial charge is 0.262 e. The van der Waals surface area contributed by atoms with E-state index >= 15 is 0 Å². The van der Waals surface area contributed by atoms with Crippen LogP contribution >= 0.6 is 0 Å². The maximum atomic E-state index is 13.1. The van der Waals surface area contributed by atoms with E-state index in [1.165, 1.54) is 12.8 Å². The van der Waals surface area contributed by atoms with Crippen LogP contribution in [0.25, 0.3) is 22.3 Å². The van der Waals surface area contributed by atoms with E-state index in [0.29, 0.717) is 17.9 Å². The van der Waals surface area contributed by atoms with Crippen molar-refractivity contribution in [1.29, 1.82) is 0 Å². The Bertz CT molecular complexity index is 1800. The second-order valence-corrected chi connectivity index (χ2v) is 11.9. The van der Waals surface area contributed by atoms with Crippen molar-refractivity contribution in [1.82, 2.24) is 30.0 Å². The van der Waals surface area contributed by atoms with Crippen molar-refractivity contribution in [2.24, 2.45) is 5.92 Å². The number of aromatic nitrogens is 4. The average molecular weight is 564 g/mol. The number of nitrogens with zero attached hydrogens (tertiary/aromatic N) is 4. The molecule has 1 atom stereocenters. The van der Waals surface area contributed by atoms with Gasteiger partial charge in [0.15, 0.2) is 0 Å². The highest BCUT2D eigenvalue weighted by Gasteiger charge is 2.44. The van der Waals surface area contributed by atoms with Crippen molar-refractivity contribution in [2.45, 2.75) is 56.5 Å². The molecule has 3 aromatic heterocycles. The third-order valence-electron chi connectivity index (χ3n) is 9.02. The number of aromatic amines is 1. The van der Waals surface area contributed by atoms with Gasteiger partial charge in [0.05, 0.1) is 39.6 Å². The van der Waals surface area contributed by atoms with Gasteiger partial charge in [-0.1, -0.05) is 0 Å². The van der Waals surface area contributed by atoms with Crippen LogP contribution in [0.2, 0.25) is 0 Å². The van der Waals surface area contributed by atoms with E-state index in [4.69, 9.17) is 10.1 Å². The van der Waals surface area contributed by atoms with E-state index in [0.717, 1.165) is 58.0 Å². The van der Waals surface area contributed by atoms with E-state index in [2.05, 4.69) is 38.6 Å². The number of anilines is 1. The van der Waals surface area contributed by atoms with Gasteiger partial charge in [-0.15, -0.1) is 0 Å². The van der Waals surface area contributed by atoms with Gasteiger partial charge in [0, 0.05) is 42.5 Å². The average Bonchev–Trinajstić information content (AvgIpc) is 3.44. The molecule has 0 radical (unpaired) electrons. The lowest BCUT2D eigenvalue weighted by Gasteiger charge is -2.35. The molecule has 42 heavy (non-hydrogen) atoms. The summed E-state index contributed by atoms with van der Waals surface area (Å²) >= 11 is 0. The maximum absolute atomic E-state index is 13.1. The second-order valence-electron chi connectivity index (χ2n) is 11.9. The Balaban J connectivity index is 0.921. The number of carbonyl (C=O) groups is 4. The van der Waals surface area contributed by atoms with Crippen LogP contribution < -0.4 is 10.6 Å². The fourth-order valence-corrected chi connectivity index (χ4v) is 6.46. The molecule has 8 rings (SSSR count). The summed E-state index contributed by atoms with van der Waals surface area (Å²) in [5.41, 5.74) is 6.56. The molecule has 212 valence electrons. The molecule has 3 fully saturated rings. The number of fused-ring (bicyclic) bond motifs is 2. The number of benzene rings is 1. The van der Waals surface area contributed by atoms with Crippen LogP contribution in [0.5, 0.6) is 0 Å². The number of nitrogens with one attached hydrogen (secondary N) is 3. The fourth-order valence-electron chi connectivity index (χ4n) is 6.46. The zero-order valence-electron chi connectivity index (χ0n) is 22.8. The molecule has 4 amide bonds. The predicted molar refractivity (Wildman–Crippen MR) is 153 cm³/mol. The van der Waals surface area contributed by atoms with Crippen LogP contribution in [-0.2, 0) is 9.59 Å². The molecule has 2 aliphatic heterocycles. The Morgan fingerprint density at radius 1 is 0.929 bits per heavy atom. The highest BCUT2D eigenvalue weighted by molar-refractivity contribution is 6.23. The number of pyridine rings is 1. The summed E-state index contributed by atoms with van der Waals surface area (Å²) in [6, 6.07) is 10.6. The van der Waals surface area contributed by atoms with Crippen molar-refractivity contribution in [3.63, 3.8) is 0 Å². The van der Waals surface area contributed by atoms with E-state index in [9.17, 15) is 19.2 Å². The summed E-state index contributed by atoms with van der Waals surface area (Å²) < 4.78 is 2.13. The van der Waals surface area contributed by atoms with Gasteiger partial charge < -0.3 is 10.3 Å². The molecule has 0 bridgehead atoms. The molecule has 2 saturated carbocycles. The first-order chi connectivity index (χ1) is 20.4. The topological polar surface area (TPSA) is 142 Å². The number of hydrogen-bond donors (Lipinski definition) is 3. The van der Waals surface area contributed by atoms with Crippen molar-refractivity contribution in [3.8, 4) is 11.3 Å². The van der Waals surface area contributed by atoms with Crippen molar-refractivity contribution < 1.29 is 19.2 Å². The van der Waals surface area contributed by atoms with Gasteiger partial charge in [-0.25, -0.2) is 4.98 Å². The van der Waals surface area contributed by atoms with Gasteiger partial charge in [-0.2, -0.15) is 5.10 Å². The summed E-state index contributed by atoms with van der Waals surface area (Å²) in [4.78, 5) is 59.0. The number of amides is 4. The molecule has 5 heterocycles. The molecule has 11 nitrogen and oxygen atoms in total. The highest BCUT2D eigenvalue weighted by Crippen LogP contribution is 2.45. The first kappa shape index (κ1) is 25.0. The minimum atomic E-state index is -0.964. The Hall–Kier alpha value is -4.80. The molecule has 2 aliphatic carbocycles. The summed E-state index contributed by atoms with van der Waals surface area (Å²) in [7, 11) is 0. The normalized spacial score (nSPS) is 23.7. The largest absolute Gasteiger partial charge is 0.385 e. The Labute approximate surface area is 240 Å². The molecule has 3 N–H and O–H groups in total. The van der Waals surface area contributed by atoms with E-state index in [1.54, 1.807) is 18.2 Å². The third kappa shape index (κ3) is 4.10. The van der Waals surface area contributed by atoms with Crippen LogP contribution in [-0.4, -0.2) is 60.9 Å². The molecule has 4 aliphatic rings. The predicted octanol–water partition coefficient (Wildman–Crippen LogP) is 3.77. The van der Waals surface area contributed by atoms with E-state index < -0.39 is 23.8 Å². The van der Waals surface area contributed by atoms with Crippen LogP contribution in [0.3, 0.4) is 0 Å². The second kappa shape index (κ2) is 9.37. The minimum Gasteiger partial charge on any atom is -0.385 e. The van der Waals surface area contributed by atoms with Gasteiger partial charge in [-0.3, -0.25) is 34.1 Å². The van der Waals surface area contributed by atoms with Crippen molar-refractivity contribution >= 4 is 40.3 Å². The lowest BCUT2D eigenvalue weighted by Crippen LogP contribution is -2.54. The molecular formula is C31H29N7O4. The van der Waals surface area contributed by atoms with Crippen molar-refractivity contribution in [2.75, 3.05) is 11.9 Å². The summed E-state index contributed by atoms with van der Waals surface area (Å²) in [5, 5.41) is 10.7. The summed E-state index contributed by atoms with van der Waals surface area (Å²) in [6.07, 6.45) is 8.65. The molecule has 1 aromatic carbocycles. The minimum absolute atomic E-state index is 0.0982. The third-order valence-corrected chi connectivity index (χ3v) is 9.02. The summed E-state index contributed by atoms with van der Waals surface area (Å²) in [6.45, 7) is 0.740. The number of rotatable bonds is 7. The van der Waals surface area contributed by atoms with Crippen LogP contribution in [0, 0.1) is 5.92 Å². The Kier molecular flexibility index (Phi) is 5.56. The monoisotopic (exact) mass is 563 g/mol. The fraction of sp³-hybridized carbons (Fsp3) is 0.355. The number of carbonyl (C=O) groups excluding carboxylic acids is 4.